The zero-order valence-corrected chi connectivity index (χ0v) is 12.8. The van der Waals surface area contributed by atoms with Crippen molar-refractivity contribution in [3.05, 3.63) is 34.8 Å². The van der Waals surface area contributed by atoms with Gasteiger partial charge in [-0.05, 0) is 32.0 Å². The third-order valence-electron chi connectivity index (χ3n) is 2.74. The van der Waals surface area contributed by atoms with Crippen LogP contribution in [0.3, 0.4) is 0 Å². The highest BCUT2D eigenvalue weighted by Gasteiger charge is 2.23. The fraction of sp³-hybridized carbons (Fsp3) is 0.250. The molecule has 0 spiro atoms. The van der Waals surface area contributed by atoms with E-state index in [4.69, 9.17) is 10.9 Å². The lowest BCUT2D eigenvalue weighted by Crippen LogP contribution is -2.27. The standard InChI is InChI=1S/C12H16N4O2S2/c1-12(2,11-15-5-6-19-11)16-8-3-4-10(9(13)7-8)20(14,17)18/h3-7,16H,13H2,1-2H3,(H2,14,17,18). The highest BCUT2D eigenvalue weighted by atomic mass is 32.2. The van der Waals surface area contributed by atoms with E-state index in [2.05, 4.69) is 10.3 Å². The molecular weight excluding hydrogens is 296 g/mol. The van der Waals surface area contributed by atoms with Crippen molar-refractivity contribution in [1.82, 2.24) is 4.98 Å². The van der Waals surface area contributed by atoms with E-state index >= 15 is 0 Å². The van der Waals surface area contributed by atoms with Gasteiger partial charge in [0.25, 0.3) is 0 Å². The van der Waals surface area contributed by atoms with E-state index in [1.807, 2.05) is 19.2 Å². The Balaban J connectivity index is 2.30. The van der Waals surface area contributed by atoms with Crippen LogP contribution in [0.25, 0.3) is 0 Å². The summed E-state index contributed by atoms with van der Waals surface area (Å²) in [4.78, 5) is 4.20. The Kier molecular flexibility index (Phi) is 3.72. The van der Waals surface area contributed by atoms with Gasteiger partial charge in [0.15, 0.2) is 0 Å². The molecule has 5 N–H and O–H groups in total. The highest BCUT2D eigenvalue weighted by molar-refractivity contribution is 7.89. The first-order valence-corrected chi connectivity index (χ1v) is 8.23. The number of hydrogen-bond acceptors (Lipinski definition) is 6. The van der Waals surface area contributed by atoms with Gasteiger partial charge >= 0.3 is 0 Å². The quantitative estimate of drug-likeness (QED) is 0.744. The summed E-state index contributed by atoms with van der Waals surface area (Å²) >= 11 is 1.54. The number of nitrogens with zero attached hydrogens (tertiary/aromatic N) is 1. The number of aromatic nitrogens is 1. The van der Waals surface area contributed by atoms with Crippen LogP contribution in [0.1, 0.15) is 18.9 Å². The maximum atomic E-state index is 11.3. The van der Waals surface area contributed by atoms with Crippen molar-refractivity contribution in [2.24, 2.45) is 5.14 Å². The Labute approximate surface area is 121 Å². The zero-order valence-electron chi connectivity index (χ0n) is 11.1. The smallest absolute Gasteiger partial charge is 0.240 e. The monoisotopic (exact) mass is 312 g/mol. The SMILES string of the molecule is CC(C)(Nc1ccc(S(N)(=O)=O)c(N)c1)c1nccs1. The van der Waals surface area contributed by atoms with E-state index in [1.54, 1.807) is 18.3 Å². The molecule has 1 aromatic heterocycles. The number of rotatable bonds is 4. The Bertz CT molecular complexity index is 709. The number of thiazole rings is 1. The van der Waals surface area contributed by atoms with Crippen molar-refractivity contribution in [2.75, 3.05) is 11.1 Å². The topological polar surface area (TPSA) is 111 Å². The van der Waals surface area contributed by atoms with Crippen molar-refractivity contribution < 1.29 is 8.42 Å². The minimum Gasteiger partial charge on any atom is -0.398 e. The van der Waals surface area contributed by atoms with Gasteiger partial charge in [0.05, 0.1) is 11.2 Å². The minimum atomic E-state index is -3.80. The molecule has 6 nitrogen and oxygen atoms in total. The van der Waals surface area contributed by atoms with Crippen molar-refractivity contribution in [3.8, 4) is 0 Å². The Morgan fingerprint density at radius 1 is 1.35 bits per heavy atom. The van der Waals surface area contributed by atoms with Crippen LogP contribution in [0.4, 0.5) is 11.4 Å². The number of nitrogen functional groups attached to an aromatic ring is 1. The van der Waals surface area contributed by atoms with Crippen molar-refractivity contribution in [2.45, 2.75) is 24.3 Å². The second kappa shape index (κ2) is 5.04. The van der Waals surface area contributed by atoms with E-state index in [9.17, 15) is 8.42 Å². The van der Waals surface area contributed by atoms with Crippen molar-refractivity contribution in [3.63, 3.8) is 0 Å². The van der Waals surface area contributed by atoms with Crippen LogP contribution in [-0.4, -0.2) is 13.4 Å². The summed E-state index contributed by atoms with van der Waals surface area (Å²) in [5.41, 5.74) is 6.17. The summed E-state index contributed by atoms with van der Waals surface area (Å²) in [7, 11) is -3.80. The fourth-order valence-electron chi connectivity index (χ4n) is 1.83. The van der Waals surface area contributed by atoms with Gasteiger partial charge in [0, 0.05) is 17.3 Å². The number of sulfonamides is 1. The fourth-order valence-corrected chi connectivity index (χ4v) is 3.19. The number of anilines is 2. The van der Waals surface area contributed by atoms with E-state index in [0.717, 1.165) is 5.01 Å². The zero-order chi connectivity index (χ0) is 15.0. The Morgan fingerprint density at radius 2 is 2.05 bits per heavy atom. The molecule has 0 saturated carbocycles. The number of hydrogen-bond donors (Lipinski definition) is 3. The second-order valence-corrected chi connectivity index (χ2v) is 7.31. The molecule has 0 radical (unpaired) electrons. The molecule has 0 aliphatic carbocycles. The second-order valence-electron chi connectivity index (χ2n) is 4.88. The van der Waals surface area contributed by atoms with Gasteiger partial charge in [-0.3, -0.25) is 0 Å². The van der Waals surface area contributed by atoms with Crippen molar-refractivity contribution in [1.29, 1.82) is 0 Å². The lowest BCUT2D eigenvalue weighted by atomic mass is 10.1. The predicted octanol–water partition coefficient (Wildman–Crippen LogP) is 1.72. The molecular formula is C12H16N4O2S2. The van der Waals surface area contributed by atoms with Crippen molar-refractivity contribution >= 4 is 32.7 Å². The summed E-state index contributed by atoms with van der Waals surface area (Å²) in [5.74, 6) is 0. The van der Waals surface area contributed by atoms with Crippen LogP contribution in [-0.2, 0) is 15.6 Å². The summed E-state index contributed by atoms with van der Waals surface area (Å²) in [6.07, 6.45) is 1.74. The molecule has 0 unspecified atom stereocenters. The maximum absolute atomic E-state index is 11.3. The van der Waals surface area contributed by atoms with Crippen LogP contribution in [0.5, 0.6) is 0 Å². The van der Waals surface area contributed by atoms with Crippen LogP contribution in [0, 0.1) is 0 Å². The molecule has 0 aliphatic heterocycles. The Morgan fingerprint density at radius 3 is 2.55 bits per heavy atom. The van der Waals surface area contributed by atoms with Crippen LogP contribution >= 0.6 is 11.3 Å². The van der Waals surface area contributed by atoms with E-state index in [1.165, 1.54) is 17.4 Å². The maximum Gasteiger partial charge on any atom is 0.240 e. The molecule has 0 amide bonds. The molecule has 8 heteroatoms. The third kappa shape index (κ3) is 3.09. The molecule has 0 aliphatic rings. The minimum absolute atomic E-state index is 0.0740. The molecule has 0 fully saturated rings. The molecule has 0 saturated heterocycles. The van der Waals surface area contributed by atoms with Gasteiger partial charge < -0.3 is 11.1 Å². The lowest BCUT2D eigenvalue weighted by Gasteiger charge is -2.25. The number of primary sulfonamides is 1. The number of nitrogens with one attached hydrogen (secondary N) is 1. The average molecular weight is 312 g/mol. The van der Waals surface area contributed by atoms with E-state index in [-0.39, 0.29) is 16.1 Å². The van der Waals surface area contributed by atoms with E-state index in [0.29, 0.717) is 5.69 Å². The first-order chi connectivity index (χ1) is 9.20. The van der Waals surface area contributed by atoms with Gasteiger partial charge in [-0.1, -0.05) is 0 Å². The molecule has 20 heavy (non-hydrogen) atoms. The van der Waals surface area contributed by atoms with Gasteiger partial charge in [0.1, 0.15) is 9.90 Å². The summed E-state index contributed by atoms with van der Waals surface area (Å²) in [5, 5.41) is 11.2. The summed E-state index contributed by atoms with van der Waals surface area (Å²) in [6.45, 7) is 3.96. The van der Waals surface area contributed by atoms with Gasteiger partial charge in [-0.25, -0.2) is 18.5 Å². The molecule has 1 heterocycles. The average Bonchev–Trinajstić information content (AvgIpc) is 2.80. The molecule has 0 bridgehead atoms. The molecule has 2 rings (SSSR count). The largest absolute Gasteiger partial charge is 0.398 e. The summed E-state index contributed by atoms with van der Waals surface area (Å²) in [6, 6.07) is 4.57. The lowest BCUT2D eigenvalue weighted by molar-refractivity contribution is 0.598. The number of benzene rings is 1. The first kappa shape index (κ1) is 14.8. The van der Waals surface area contributed by atoms with Crippen LogP contribution in [0.15, 0.2) is 34.7 Å². The highest BCUT2D eigenvalue weighted by Crippen LogP contribution is 2.29. The Hall–Kier alpha value is -1.64. The predicted molar refractivity (Wildman–Crippen MR) is 81.0 cm³/mol. The van der Waals surface area contributed by atoms with Gasteiger partial charge in [-0.2, -0.15) is 0 Å². The summed E-state index contributed by atoms with van der Waals surface area (Å²) < 4.78 is 22.6. The van der Waals surface area contributed by atoms with Crippen LogP contribution < -0.4 is 16.2 Å². The molecule has 1 aromatic carbocycles. The third-order valence-corrected chi connectivity index (χ3v) is 4.82. The van der Waals surface area contributed by atoms with E-state index < -0.39 is 10.0 Å². The molecule has 108 valence electrons. The molecule has 0 atom stereocenters. The normalized spacial score (nSPS) is 12.3. The molecule has 2 aromatic rings. The van der Waals surface area contributed by atoms with Gasteiger partial charge in [0.2, 0.25) is 10.0 Å². The first-order valence-electron chi connectivity index (χ1n) is 5.80. The van der Waals surface area contributed by atoms with Gasteiger partial charge in [-0.15, -0.1) is 11.3 Å². The van der Waals surface area contributed by atoms with Crippen LogP contribution in [0.2, 0.25) is 0 Å². The number of nitrogens with two attached hydrogens (primary N) is 2.